The summed E-state index contributed by atoms with van der Waals surface area (Å²) in [7, 11) is 0. The first-order valence-corrected chi connectivity index (χ1v) is 8.75. The van der Waals surface area contributed by atoms with Gasteiger partial charge in [0.1, 0.15) is 41.7 Å². The van der Waals surface area contributed by atoms with Crippen molar-refractivity contribution in [2.24, 2.45) is 0 Å². The number of phenolic OH excluding ortho intramolecular Hbond substituents is 3. The standard InChI is InChI=1S/C20H22O9/c21-9-16-17(25)18(26)19(27)20(28,29-16)14-4-3-10(7-15(14)24)1-2-11-5-12(22)8-13(23)6-11/h1-8,16-19,21-28H,9H2/b2-1+/t16-,17-,18+,19-,20-/m1/s1. The molecule has 9 heteroatoms. The normalized spacial score (nSPS) is 30.0. The van der Waals surface area contributed by atoms with Crippen LogP contribution in [0.3, 0.4) is 0 Å². The minimum Gasteiger partial charge on any atom is -0.508 e. The first kappa shape index (κ1) is 21.1. The van der Waals surface area contributed by atoms with Crippen molar-refractivity contribution in [3.05, 3.63) is 53.1 Å². The van der Waals surface area contributed by atoms with Crippen LogP contribution in [0.4, 0.5) is 0 Å². The third kappa shape index (κ3) is 4.06. The Bertz CT molecular complexity index is 891. The van der Waals surface area contributed by atoms with Crippen molar-refractivity contribution in [3.8, 4) is 17.2 Å². The van der Waals surface area contributed by atoms with E-state index < -0.39 is 42.6 Å². The van der Waals surface area contributed by atoms with Crippen LogP contribution in [0.15, 0.2) is 36.4 Å². The molecule has 1 aliphatic heterocycles. The lowest BCUT2D eigenvalue weighted by molar-refractivity contribution is -0.358. The lowest BCUT2D eigenvalue weighted by Crippen LogP contribution is -2.63. The van der Waals surface area contributed by atoms with Crippen molar-refractivity contribution < 1.29 is 45.6 Å². The predicted molar refractivity (Wildman–Crippen MR) is 101 cm³/mol. The smallest absolute Gasteiger partial charge is 0.226 e. The molecule has 0 saturated carbocycles. The summed E-state index contributed by atoms with van der Waals surface area (Å²) in [5.74, 6) is -3.26. The van der Waals surface area contributed by atoms with Crippen molar-refractivity contribution >= 4 is 12.2 Å². The number of aliphatic hydroxyl groups is 5. The lowest BCUT2D eigenvalue weighted by atomic mass is 9.87. The minimum absolute atomic E-state index is 0.118. The zero-order valence-electron chi connectivity index (χ0n) is 15.1. The summed E-state index contributed by atoms with van der Waals surface area (Å²) in [6.07, 6.45) is -3.67. The van der Waals surface area contributed by atoms with Crippen LogP contribution in [0.2, 0.25) is 0 Å². The highest BCUT2D eigenvalue weighted by atomic mass is 16.7. The van der Waals surface area contributed by atoms with Gasteiger partial charge in [-0.3, -0.25) is 0 Å². The van der Waals surface area contributed by atoms with Gasteiger partial charge in [-0.25, -0.2) is 0 Å². The predicted octanol–water partition coefficient (Wildman–Crippen LogP) is -0.407. The number of benzene rings is 2. The Hall–Kier alpha value is -2.66. The molecular weight excluding hydrogens is 384 g/mol. The van der Waals surface area contributed by atoms with Gasteiger partial charge in [-0.05, 0) is 35.4 Å². The number of phenols is 3. The molecule has 29 heavy (non-hydrogen) atoms. The molecule has 0 bridgehead atoms. The van der Waals surface area contributed by atoms with E-state index in [0.29, 0.717) is 11.1 Å². The van der Waals surface area contributed by atoms with E-state index in [1.165, 1.54) is 36.4 Å². The SMILES string of the molecule is OC[C@H]1O[C@](O)(c2ccc(/C=C/c3cc(O)cc(O)c3)cc2O)[C@H](O)[C@@H](O)[C@@H]1O. The fraction of sp³-hybridized carbons (Fsp3) is 0.300. The molecule has 2 aromatic carbocycles. The molecule has 3 rings (SSSR count). The number of ether oxygens (including phenoxy) is 1. The first-order valence-electron chi connectivity index (χ1n) is 8.75. The fourth-order valence-electron chi connectivity index (χ4n) is 3.24. The molecule has 2 aromatic rings. The zero-order valence-corrected chi connectivity index (χ0v) is 15.1. The Kier molecular flexibility index (Phi) is 5.80. The van der Waals surface area contributed by atoms with E-state index in [0.717, 1.165) is 0 Å². The molecular formula is C20H22O9. The monoisotopic (exact) mass is 406 g/mol. The number of rotatable bonds is 4. The summed E-state index contributed by atoms with van der Waals surface area (Å²) in [5.41, 5.74) is 0.711. The maximum absolute atomic E-state index is 10.8. The van der Waals surface area contributed by atoms with E-state index in [9.17, 15) is 40.9 Å². The highest BCUT2D eigenvalue weighted by molar-refractivity contribution is 5.71. The first-order chi connectivity index (χ1) is 13.7. The molecule has 9 nitrogen and oxygen atoms in total. The van der Waals surface area contributed by atoms with Crippen LogP contribution >= 0.6 is 0 Å². The van der Waals surface area contributed by atoms with Crippen LogP contribution in [0.5, 0.6) is 17.2 Å². The van der Waals surface area contributed by atoms with Crippen molar-refractivity contribution in [2.45, 2.75) is 30.2 Å². The largest absolute Gasteiger partial charge is 0.508 e. The Balaban J connectivity index is 1.89. The maximum Gasteiger partial charge on any atom is 0.226 e. The second-order valence-corrected chi connectivity index (χ2v) is 6.85. The molecule has 1 saturated heterocycles. The number of aliphatic hydroxyl groups excluding tert-OH is 4. The Morgan fingerprint density at radius 3 is 2.07 bits per heavy atom. The molecule has 1 fully saturated rings. The molecule has 0 unspecified atom stereocenters. The maximum atomic E-state index is 10.8. The number of hydrogen-bond donors (Lipinski definition) is 8. The topological polar surface area (TPSA) is 171 Å². The van der Waals surface area contributed by atoms with Crippen molar-refractivity contribution in [2.75, 3.05) is 6.61 Å². The van der Waals surface area contributed by atoms with Gasteiger partial charge in [-0.15, -0.1) is 0 Å². The average Bonchev–Trinajstić information content (AvgIpc) is 2.67. The second-order valence-electron chi connectivity index (χ2n) is 6.85. The summed E-state index contributed by atoms with van der Waals surface area (Å²) in [4.78, 5) is 0. The van der Waals surface area contributed by atoms with Crippen molar-refractivity contribution in [1.29, 1.82) is 0 Å². The third-order valence-corrected chi connectivity index (χ3v) is 4.77. The van der Waals surface area contributed by atoms with E-state index in [2.05, 4.69) is 0 Å². The zero-order chi connectivity index (χ0) is 21.3. The molecule has 156 valence electrons. The van der Waals surface area contributed by atoms with Gasteiger partial charge in [0.2, 0.25) is 5.79 Å². The molecule has 0 amide bonds. The Morgan fingerprint density at radius 2 is 1.48 bits per heavy atom. The fourth-order valence-corrected chi connectivity index (χ4v) is 3.24. The van der Waals surface area contributed by atoms with Crippen molar-refractivity contribution in [3.63, 3.8) is 0 Å². The average molecular weight is 406 g/mol. The molecule has 0 spiro atoms. The van der Waals surface area contributed by atoms with Crippen LogP contribution < -0.4 is 0 Å². The van der Waals surface area contributed by atoms with Gasteiger partial charge in [0.05, 0.1) is 12.2 Å². The molecule has 8 N–H and O–H groups in total. The molecule has 0 aromatic heterocycles. The van der Waals surface area contributed by atoms with E-state index in [-0.39, 0.29) is 17.1 Å². The summed E-state index contributed by atoms with van der Waals surface area (Å²) in [6.45, 7) is -0.731. The van der Waals surface area contributed by atoms with Gasteiger partial charge >= 0.3 is 0 Å². The van der Waals surface area contributed by atoms with Gasteiger partial charge in [0.25, 0.3) is 0 Å². The summed E-state index contributed by atoms with van der Waals surface area (Å²) in [6, 6.07) is 8.01. The van der Waals surface area contributed by atoms with Gasteiger partial charge in [0.15, 0.2) is 0 Å². The number of aromatic hydroxyl groups is 3. The molecule has 1 aliphatic rings. The van der Waals surface area contributed by atoms with Crippen molar-refractivity contribution in [1.82, 2.24) is 0 Å². The van der Waals surface area contributed by atoms with Crippen LogP contribution in [-0.4, -0.2) is 71.9 Å². The summed E-state index contributed by atoms with van der Waals surface area (Å²) in [5, 5.41) is 79.3. The highest BCUT2D eigenvalue weighted by Crippen LogP contribution is 2.40. The minimum atomic E-state index is -2.56. The molecule has 5 atom stereocenters. The van der Waals surface area contributed by atoms with Crippen LogP contribution in [-0.2, 0) is 10.5 Å². The van der Waals surface area contributed by atoms with E-state index >= 15 is 0 Å². The van der Waals surface area contributed by atoms with Crippen LogP contribution in [0.25, 0.3) is 12.2 Å². The molecule has 0 radical (unpaired) electrons. The Morgan fingerprint density at radius 1 is 0.862 bits per heavy atom. The van der Waals surface area contributed by atoms with Gasteiger partial charge < -0.3 is 45.6 Å². The second kappa shape index (κ2) is 7.99. The Labute approximate surface area is 165 Å². The van der Waals surface area contributed by atoms with Gasteiger partial charge in [-0.1, -0.05) is 18.2 Å². The summed E-state index contributed by atoms with van der Waals surface area (Å²) < 4.78 is 5.19. The van der Waals surface area contributed by atoms with E-state index in [1.54, 1.807) is 12.2 Å². The van der Waals surface area contributed by atoms with Gasteiger partial charge in [0, 0.05) is 6.07 Å². The van der Waals surface area contributed by atoms with E-state index in [4.69, 9.17) is 4.74 Å². The highest BCUT2D eigenvalue weighted by Gasteiger charge is 2.54. The van der Waals surface area contributed by atoms with Gasteiger partial charge in [-0.2, -0.15) is 0 Å². The lowest BCUT2D eigenvalue weighted by Gasteiger charge is -2.45. The van der Waals surface area contributed by atoms with E-state index in [1.807, 2.05) is 0 Å². The number of hydrogen-bond acceptors (Lipinski definition) is 9. The molecule has 0 aliphatic carbocycles. The molecule has 1 heterocycles. The van der Waals surface area contributed by atoms with Crippen LogP contribution in [0.1, 0.15) is 16.7 Å². The quantitative estimate of drug-likeness (QED) is 0.314. The summed E-state index contributed by atoms with van der Waals surface area (Å²) >= 11 is 0. The van der Waals surface area contributed by atoms with Crippen LogP contribution in [0, 0.1) is 0 Å². The third-order valence-electron chi connectivity index (χ3n) is 4.77.